The summed E-state index contributed by atoms with van der Waals surface area (Å²) in [6.07, 6.45) is 1.67. The fourth-order valence-electron chi connectivity index (χ4n) is 2.27. The highest BCUT2D eigenvalue weighted by atomic mass is 16.1. The van der Waals surface area contributed by atoms with Crippen molar-refractivity contribution < 1.29 is 4.79 Å². The molecule has 0 aliphatic carbocycles. The number of aryl methyl sites for hydroxylation is 2. The second-order valence-electron chi connectivity index (χ2n) is 5.51. The Morgan fingerprint density at radius 1 is 1.32 bits per heavy atom. The number of benzene rings is 1. The molecule has 3 N–H and O–H groups in total. The Bertz CT molecular complexity index is 427. The van der Waals surface area contributed by atoms with Crippen LogP contribution in [0.2, 0.25) is 0 Å². The average Bonchev–Trinajstić information content (AvgIpc) is 2.33. The summed E-state index contributed by atoms with van der Waals surface area (Å²) in [6.45, 7) is 8.72. The molecule has 0 aliphatic rings. The SMILES string of the molecule is Cc1ccc(C)c(C(CCCN)C(=O)NC(C)C)c1. The number of hydrogen-bond acceptors (Lipinski definition) is 2. The summed E-state index contributed by atoms with van der Waals surface area (Å²) >= 11 is 0. The lowest BCUT2D eigenvalue weighted by Crippen LogP contribution is -2.35. The van der Waals surface area contributed by atoms with Gasteiger partial charge in [-0.3, -0.25) is 4.79 Å². The van der Waals surface area contributed by atoms with Crippen molar-refractivity contribution in [3.05, 3.63) is 34.9 Å². The van der Waals surface area contributed by atoms with E-state index in [9.17, 15) is 4.79 Å². The Balaban J connectivity index is 3.01. The molecule has 1 rings (SSSR count). The smallest absolute Gasteiger partial charge is 0.227 e. The van der Waals surface area contributed by atoms with Crippen LogP contribution in [-0.4, -0.2) is 18.5 Å². The molecule has 0 aromatic heterocycles. The molecule has 1 unspecified atom stereocenters. The van der Waals surface area contributed by atoms with E-state index in [1.54, 1.807) is 0 Å². The topological polar surface area (TPSA) is 55.1 Å². The first kappa shape index (κ1) is 15.7. The van der Waals surface area contributed by atoms with Crippen LogP contribution in [0, 0.1) is 13.8 Å². The van der Waals surface area contributed by atoms with Crippen LogP contribution in [0.25, 0.3) is 0 Å². The normalized spacial score (nSPS) is 12.5. The molecule has 0 saturated carbocycles. The third-order valence-corrected chi connectivity index (χ3v) is 3.25. The van der Waals surface area contributed by atoms with Crippen LogP contribution < -0.4 is 11.1 Å². The van der Waals surface area contributed by atoms with Gasteiger partial charge in [0, 0.05) is 6.04 Å². The molecule has 0 bridgehead atoms. The second-order valence-corrected chi connectivity index (χ2v) is 5.51. The van der Waals surface area contributed by atoms with Crippen LogP contribution in [-0.2, 0) is 4.79 Å². The Kier molecular flexibility index (Phi) is 6.03. The predicted octanol–water partition coefficient (Wildman–Crippen LogP) is 2.65. The van der Waals surface area contributed by atoms with Crippen LogP contribution in [0.1, 0.15) is 49.3 Å². The Labute approximate surface area is 116 Å². The van der Waals surface area contributed by atoms with Crippen LogP contribution in [0.15, 0.2) is 18.2 Å². The van der Waals surface area contributed by atoms with Crippen molar-refractivity contribution in [3.63, 3.8) is 0 Å². The molecule has 0 heterocycles. The summed E-state index contributed by atoms with van der Waals surface area (Å²) < 4.78 is 0. The van der Waals surface area contributed by atoms with Gasteiger partial charge in [0.25, 0.3) is 0 Å². The predicted molar refractivity (Wildman–Crippen MR) is 80.2 cm³/mol. The fourth-order valence-corrected chi connectivity index (χ4v) is 2.27. The van der Waals surface area contributed by atoms with Crippen LogP contribution in [0.4, 0.5) is 0 Å². The lowest BCUT2D eigenvalue weighted by molar-refractivity contribution is -0.123. The van der Waals surface area contributed by atoms with Gasteiger partial charge in [0.2, 0.25) is 5.91 Å². The molecular weight excluding hydrogens is 236 g/mol. The maximum absolute atomic E-state index is 12.4. The number of hydrogen-bond donors (Lipinski definition) is 2. The van der Waals surface area contributed by atoms with Crippen molar-refractivity contribution in [2.75, 3.05) is 6.54 Å². The molecule has 1 aromatic rings. The first-order chi connectivity index (χ1) is 8.95. The highest BCUT2D eigenvalue weighted by Crippen LogP contribution is 2.26. The van der Waals surface area contributed by atoms with Gasteiger partial charge in [-0.2, -0.15) is 0 Å². The zero-order valence-electron chi connectivity index (χ0n) is 12.5. The maximum Gasteiger partial charge on any atom is 0.227 e. The Morgan fingerprint density at radius 3 is 2.58 bits per heavy atom. The van der Waals surface area contributed by atoms with Crippen molar-refractivity contribution in [1.82, 2.24) is 5.32 Å². The van der Waals surface area contributed by atoms with Crippen LogP contribution >= 0.6 is 0 Å². The molecular formula is C16H26N2O. The lowest BCUT2D eigenvalue weighted by Gasteiger charge is -2.21. The lowest BCUT2D eigenvalue weighted by atomic mass is 9.89. The van der Waals surface area contributed by atoms with Gasteiger partial charge >= 0.3 is 0 Å². The monoisotopic (exact) mass is 262 g/mol. The molecule has 19 heavy (non-hydrogen) atoms. The van der Waals surface area contributed by atoms with Crippen molar-refractivity contribution in [2.24, 2.45) is 5.73 Å². The summed E-state index contributed by atoms with van der Waals surface area (Å²) in [6, 6.07) is 6.45. The van der Waals surface area contributed by atoms with Gasteiger partial charge in [-0.15, -0.1) is 0 Å². The van der Waals surface area contributed by atoms with Crippen molar-refractivity contribution in [2.45, 2.75) is 52.5 Å². The van der Waals surface area contributed by atoms with Gasteiger partial charge in [-0.25, -0.2) is 0 Å². The Morgan fingerprint density at radius 2 is 2.00 bits per heavy atom. The van der Waals surface area contributed by atoms with Gasteiger partial charge < -0.3 is 11.1 Å². The van der Waals surface area contributed by atoms with E-state index in [1.807, 2.05) is 13.8 Å². The first-order valence-electron chi connectivity index (χ1n) is 7.03. The maximum atomic E-state index is 12.4. The van der Waals surface area contributed by atoms with Crippen molar-refractivity contribution in [1.29, 1.82) is 0 Å². The molecule has 106 valence electrons. The van der Waals surface area contributed by atoms with E-state index in [0.717, 1.165) is 18.4 Å². The molecule has 3 nitrogen and oxygen atoms in total. The Hall–Kier alpha value is -1.35. The highest BCUT2D eigenvalue weighted by Gasteiger charge is 2.22. The molecule has 0 aliphatic heterocycles. The van der Waals surface area contributed by atoms with E-state index >= 15 is 0 Å². The van der Waals surface area contributed by atoms with Crippen molar-refractivity contribution >= 4 is 5.91 Å². The van der Waals surface area contributed by atoms with Crippen LogP contribution in [0.3, 0.4) is 0 Å². The molecule has 0 saturated heterocycles. The van der Waals surface area contributed by atoms with Crippen molar-refractivity contribution in [3.8, 4) is 0 Å². The average molecular weight is 262 g/mol. The standard InChI is InChI=1S/C16H26N2O/c1-11(2)18-16(19)14(6-5-9-17)15-10-12(3)7-8-13(15)4/h7-8,10-11,14H,5-6,9,17H2,1-4H3,(H,18,19). The second kappa shape index (κ2) is 7.29. The number of rotatable bonds is 6. The van der Waals surface area contributed by atoms with Gasteiger partial charge in [0.05, 0.1) is 5.92 Å². The summed E-state index contributed by atoms with van der Waals surface area (Å²) in [5.74, 6) is 0.0167. The largest absolute Gasteiger partial charge is 0.353 e. The van der Waals surface area contributed by atoms with E-state index in [-0.39, 0.29) is 17.9 Å². The third kappa shape index (κ3) is 4.67. The van der Waals surface area contributed by atoms with E-state index < -0.39 is 0 Å². The van der Waals surface area contributed by atoms with E-state index in [0.29, 0.717) is 6.54 Å². The number of amides is 1. The molecule has 0 fully saturated rings. The molecule has 1 aromatic carbocycles. The summed E-state index contributed by atoms with van der Waals surface area (Å²) in [5.41, 5.74) is 9.09. The minimum atomic E-state index is -0.0918. The van der Waals surface area contributed by atoms with Gasteiger partial charge in [-0.1, -0.05) is 23.8 Å². The fraction of sp³-hybridized carbons (Fsp3) is 0.562. The minimum Gasteiger partial charge on any atom is -0.353 e. The first-order valence-corrected chi connectivity index (χ1v) is 7.03. The van der Waals surface area contributed by atoms with E-state index in [4.69, 9.17) is 5.73 Å². The van der Waals surface area contributed by atoms with E-state index in [1.165, 1.54) is 11.1 Å². The van der Waals surface area contributed by atoms with Gasteiger partial charge in [0.15, 0.2) is 0 Å². The molecule has 0 spiro atoms. The summed E-state index contributed by atoms with van der Waals surface area (Å²) in [4.78, 5) is 12.4. The van der Waals surface area contributed by atoms with Crippen LogP contribution in [0.5, 0.6) is 0 Å². The highest BCUT2D eigenvalue weighted by molar-refractivity contribution is 5.84. The third-order valence-electron chi connectivity index (χ3n) is 3.25. The number of carbonyl (C=O) groups excluding carboxylic acids is 1. The summed E-state index contributed by atoms with van der Waals surface area (Å²) in [5, 5.41) is 3.02. The molecule has 3 heteroatoms. The number of nitrogens with one attached hydrogen (secondary N) is 1. The summed E-state index contributed by atoms with van der Waals surface area (Å²) in [7, 11) is 0. The zero-order valence-corrected chi connectivity index (χ0v) is 12.5. The molecule has 1 atom stereocenters. The molecule has 0 radical (unpaired) electrons. The van der Waals surface area contributed by atoms with E-state index in [2.05, 4.69) is 37.4 Å². The minimum absolute atomic E-state index is 0.0918. The van der Waals surface area contributed by atoms with Gasteiger partial charge in [0.1, 0.15) is 0 Å². The number of nitrogens with two attached hydrogens (primary N) is 1. The quantitative estimate of drug-likeness (QED) is 0.828. The molecule has 1 amide bonds. The number of carbonyl (C=O) groups is 1. The van der Waals surface area contributed by atoms with Gasteiger partial charge in [-0.05, 0) is 58.2 Å². The zero-order chi connectivity index (χ0) is 14.4.